The topological polar surface area (TPSA) is 57.7 Å². The van der Waals surface area contributed by atoms with Gasteiger partial charge in [-0.25, -0.2) is 4.98 Å². The van der Waals surface area contributed by atoms with Crippen molar-refractivity contribution in [2.45, 2.75) is 26.2 Å². The highest BCUT2D eigenvalue weighted by Gasteiger charge is 2.15. The van der Waals surface area contributed by atoms with Crippen LogP contribution >= 0.6 is 0 Å². The summed E-state index contributed by atoms with van der Waals surface area (Å²) in [5.41, 5.74) is 1.82. The molecule has 0 saturated carbocycles. The van der Waals surface area contributed by atoms with Crippen molar-refractivity contribution in [2.24, 2.45) is 0 Å². The second kappa shape index (κ2) is 9.55. The van der Waals surface area contributed by atoms with Crippen LogP contribution in [0.3, 0.4) is 0 Å². The molecule has 0 radical (unpaired) electrons. The van der Waals surface area contributed by atoms with Crippen molar-refractivity contribution < 1.29 is 9.53 Å². The van der Waals surface area contributed by atoms with Gasteiger partial charge in [0, 0.05) is 26.2 Å². The number of likely N-dealkylation sites (N-methyl/N-ethyl adjacent to an activating group) is 1. The van der Waals surface area contributed by atoms with Crippen molar-refractivity contribution in [3.8, 4) is 5.75 Å². The number of nitrogens with one attached hydrogen (secondary N) is 1. The fourth-order valence-electron chi connectivity index (χ4n) is 3.26. The average Bonchev–Trinajstić information content (AvgIpc) is 2.73. The summed E-state index contributed by atoms with van der Waals surface area (Å²) in [5, 5.41) is 2.86. The summed E-state index contributed by atoms with van der Waals surface area (Å²) in [7, 11) is 2.13. The lowest BCUT2D eigenvalue weighted by molar-refractivity contribution is -0.118. The Hall–Kier alpha value is -2.60. The standard InChI is InChI=1S/C22H30N4O2/c1-4-17(2)19-7-5-6-8-20(19)28-16-22(27)24-18-9-10-21(23-15-18)26-13-11-25(3)12-14-26/h5-10,15,17H,4,11-14,16H2,1-3H3,(H,24,27). The van der Waals surface area contributed by atoms with Gasteiger partial charge in [-0.3, -0.25) is 4.79 Å². The molecule has 1 unspecified atom stereocenters. The zero-order chi connectivity index (χ0) is 19.9. The monoisotopic (exact) mass is 382 g/mol. The molecule has 1 aromatic heterocycles. The zero-order valence-corrected chi connectivity index (χ0v) is 17.0. The third kappa shape index (κ3) is 5.23. The maximum atomic E-state index is 12.3. The predicted octanol–water partition coefficient (Wildman–Crippen LogP) is 3.36. The molecule has 1 saturated heterocycles. The molecule has 2 aromatic rings. The number of piperazine rings is 1. The van der Waals surface area contributed by atoms with Crippen LogP contribution in [-0.4, -0.2) is 55.6 Å². The average molecular weight is 383 g/mol. The van der Waals surface area contributed by atoms with Crippen molar-refractivity contribution in [1.82, 2.24) is 9.88 Å². The molecule has 1 aliphatic heterocycles. The number of pyridine rings is 1. The molecule has 1 fully saturated rings. The SMILES string of the molecule is CCC(C)c1ccccc1OCC(=O)Nc1ccc(N2CCN(C)CC2)nc1. The lowest BCUT2D eigenvalue weighted by atomic mass is 9.98. The summed E-state index contributed by atoms with van der Waals surface area (Å²) >= 11 is 0. The summed E-state index contributed by atoms with van der Waals surface area (Å²) in [6.07, 6.45) is 2.73. The molecule has 1 N–H and O–H groups in total. The van der Waals surface area contributed by atoms with Crippen molar-refractivity contribution in [3.63, 3.8) is 0 Å². The molecule has 0 spiro atoms. The van der Waals surface area contributed by atoms with Crippen molar-refractivity contribution in [3.05, 3.63) is 48.2 Å². The smallest absolute Gasteiger partial charge is 0.262 e. The molecule has 150 valence electrons. The van der Waals surface area contributed by atoms with Crippen molar-refractivity contribution in [1.29, 1.82) is 0 Å². The van der Waals surface area contributed by atoms with Crippen LogP contribution in [0.1, 0.15) is 31.7 Å². The summed E-state index contributed by atoms with van der Waals surface area (Å²) in [4.78, 5) is 21.4. The number of hydrogen-bond acceptors (Lipinski definition) is 5. The minimum Gasteiger partial charge on any atom is -0.483 e. The van der Waals surface area contributed by atoms with E-state index >= 15 is 0 Å². The first-order valence-electron chi connectivity index (χ1n) is 9.98. The van der Waals surface area contributed by atoms with Crippen LogP contribution in [0, 0.1) is 0 Å². The van der Waals surface area contributed by atoms with E-state index in [2.05, 4.69) is 47.1 Å². The van der Waals surface area contributed by atoms with Crippen molar-refractivity contribution >= 4 is 17.4 Å². The van der Waals surface area contributed by atoms with Crippen molar-refractivity contribution in [2.75, 3.05) is 50.1 Å². The van der Waals surface area contributed by atoms with E-state index in [4.69, 9.17) is 4.74 Å². The number of nitrogens with zero attached hydrogens (tertiary/aromatic N) is 3. The number of anilines is 2. The van der Waals surface area contributed by atoms with E-state index in [1.165, 1.54) is 0 Å². The number of benzene rings is 1. The van der Waals surface area contributed by atoms with E-state index < -0.39 is 0 Å². The highest BCUT2D eigenvalue weighted by Crippen LogP contribution is 2.28. The largest absolute Gasteiger partial charge is 0.483 e. The summed E-state index contributed by atoms with van der Waals surface area (Å²) < 4.78 is 5.78. The normalized spacial score (nSPS) is 15.9. The molecule has 1 aromatic carbocycles. The number of aromatic nitrogens is 1. The van der Waals surface area contributed by atoms with E-state index in [1.807, 2.05) is 30.3 Å². The van der Waals surface area contributed by atoms with E-state index in [0.717, 1.165) is 49.7 Å². The number of rotatable bonds is 7. The maximum absolute atomic E-state index is 12.3. The Bertz CT molecular complexity index is 770. The lowest BCUT2D eigenvalue weighted by Crippen LogP contribution is -2.44. The van der Waals surface area contributed by atoms with Gasteiger partial charge in [0.15, 0.2) is 6.61 Å². The number of ether oxygens (including phenoxy) is 1. The maximum Gasteiger partial charge on any atom is 0.262 e. The van der Waals surface area contributed by atoms with E-state index in [-0.39, 0.29) is 12.5 Å². The minimum absolute atomic E-state index is 0.0202. The minimum atomic E-state index is -0.187. The van der Waals surface area contributed by atoms with Gasteiger partial charge in [0.2, 0.25) is 0 Å². The molecule has 0 aliphatic carbocycles. The highest BCUT2D eigenvalue weighted by atomic mass is 16.5. The van der Waals surface area contributed by atoms with Crippen LogP contribution in [-0.2, 0) is 4.79 Å². The molecular formula is C22H30N4O2. The van der Waals surface area contributed by atoms with Crippen LogP contribution < -0.4 is 15.0 Å². The Balaban J connectivity index is 1.53. The number of amides is 1. The quantitative estimate of drug-likeness (QED) is 0.796. The van der Waals surface area contributed by atoms with Gasteiger partial charge in [0.25, 0.3) is 5.91 Å². The molecular weight excluding hydrogens is 352 g/mol. The van der Waals surface area contributed by atoms with Gasteiger partial charge >= 0.3 is 0 Å². The summed E-state index contributed by atoms with van der Waals surface area (Å²) in [5.74, 6) is 1.93. The van der Waals surface area contributed by atoms with Crippen LogP contribution in [0.25, 0.3) is 0 Å². The molecule has 2 heterocycles. The number of carbonyl (C=O) groups is 1. The Morgan fingerprint density at radius 2 is 1.93 bits per heavy atom. The fraction of sp³-hybridized carbons (Fsp3) is 0.455. The van der Waals surface area contributed by atoms with Gasteiger partial charge in [-0.15, -0.1) is 0 Å². The first-order valence-corrected chi connectivity index (χ1v) is 9.98. The van der Waals surface area contributed by atoms with E-state index in [1.54, 1.807) is 6.20 Å². The van der Waals surface area contributed by atoms with Gasteiger partial charge in [0.1, 0.15) is 11.6 Å². The predicted molar refractivity (Wildman–Crippen MR) is 113 cm³/mol. The Morgan fingerprint density at radius 1 is 1.18 bits per heavy atom. The van der Waals surface area contributed by atoms with Crippen LogP contribution in [0.15, 0.2) is 42.6 Å². The van der Waals surface area contributed by atoms with Crippen LogP contribution in [0.4, 0.5) is 11.5 Å². The molecule has 1 amide bonds. The second-order valence-electron chi connectivity index (χ2n) is 7.38. The van der Waals surface area contributed by atoms with Gasteiger partial charge < -0.3 is 19.9 Å². The molecule has 1 atom stereocenters. The van der Waals surface area contributed by atoms with Gasteiger partial charge in [0.05, 0.1) is 11.9 Å². The first-order chi connectivity index (χ1) is 13.6. The fourth-order valence-corrected chi connectivity index (χ4v) is 3.26. The van der Waals surface area contributed by atoms with Gasteiger partial charge in [-0.1, -0.05) is 32.0 Å². The Kier molecular flexibility index (Phi) is 6.87. The number of para-hydroxylation sites is 1. The van der Waals surface area contributed by atoms with Crippen LogP contribution in [0.5, 0.6) is 5.75 Å². The third-order valence-electron chi connectivity index (χ3n) is 5.28. The number of carbonyl (C=O) groups excluding carboxylic acids is 1. The van der Waals surface area contributed by atoms with Gasteiger partial charge in [-0.2, -0.15) is 0 Å². The molecule has 0 bridgehead atoms. The second-order valence-corrected chi connectivity index (χ2v) is 7.38. The van der Waals surface area contributed by atoms with Gasteiger partial charge in [-0.05, 0) is 43.1 Å². The zero-order valence-electron chi connectivity index (χ0n) is 17.0. The molecule has 6 nitrogen and oxygen atoms in total. The Labute approximate surface area is 167 Å². The summed E-state index contributed by atoms with van der Waals surface area (Å²) in [6.45, 7) is 8.30. The third-order valence-corrected chi connectivity index (χ3v) is 5.28. The number of hydrogen-bond donors (Lipinski definition) is 1. The van der Waals surface area contributed by atoms with E-state index in [9.17, 15) is 4.79 Å². The molecule has 6 heteroatoms. The highest BCUT2D eigenvalue weighted by molar-refractivity contribution is 5.91. The van der Waals surface area contributed by atoms with E-state index in [0.29, 0.717) is 11.6 Å². The molecule has 3 rings (SSSR count). The lowest BCUT2D eigenvalue weighted by Gasteiger charge is -2.33. The Morgan fingerprint density at radius 3 is 2.61 bits per heavy atom. The molecule has 28 heavy (non-hydrogen) atoms. The first kappa shape index (κ1) is 20.1. The van der Waals surface area contributed by atoms with Crippen LogP contribution in [0.2, 0.25) is 0 Å². The molecule has 1 aliphatic rings. The summed E-state index contributed by atoms with van der Waals surface area (Å²) in [6, 6.07) is 11.8.